The van der Waals surface area contributed by atoms with Crippen LogP contribution >= 0.6 is 0 Å². The van der Waals surface area contributed by atoms with E-state index < -0.39 is 0 Å². The number of hydrogen-bond donors (Lipinski definition) is 1. The fraction of sp³-hybridized carbons (Fsp3) is 0.533. The zero-order valence-electron chi connectivity index (χ0n) is 13.6. The first-order valence-electron chi connectivity index (χ1n) is 7.99. The lowest BCUT2D eigenvalue weighted by Gasteiger charge is -2.05. The Kier molecular flexibility index (Phi) is 3.85. The van der Waals surface area contributed by atoms with Gasteiger partial charge in [-0.05, 0) is 26.7 Å². The summed E-state index contributed by atoms with van der Waals surface area (Å²) in [4.78, 5) is 13.1. The van der Waals surface area contributed by atoms with E-state index in [9.17, 15) is 0 Å². The molecule has 9 heteroatoms. The molecule has 0 aliphatic carbocycles. The van der Waals surface area contributed by atoms with Crippen LogP contribution in [0, 0.1) is 13.8 Å². The van der Waals surface area contributed by atoms with Gasteiger partial charge in [0.2, 0.25) is 0 Å². The third-order valence-corrected chi connectivity index (χ3v) is 3.95. The van der Waals surface area contributed by atoms with Crippen LogP contribution in [-0.4, -0.2) is 38.4 Å². The predicted octanol–water partition coefficient (Wildman–Crippen LogP) is 2.12. The van der Waals surface area contributed by atoms with Crippen LogP contribution in [0.1, 0.15) is 42.2 Å². The first kappa shape index (κ1) is 15.0. The van der Waals surface area contributed by atoms with Crippen molar-refractivity contribution in [2.24, 2.45) is 0 Å². The number of rotatable bonds is 5. The smallest absolute Gasteiger partial charge is 0.263 e. The second-order valence-corrected chi connectivity index (χ2v) is 5.79. The Bertz CT molecular complexity index is 852. The van der Waals surface area contributed by atoms with Gasteiger partial charge in [-0.1, -0.05) is 10.3 Å². The molecule has 0 saturated carbocycles. The van der Waals surface area contributed by atoms with Gasteiger partial charge in [-0.25, -0.2) is 4.98 Å². The van der Waals surface area contributed by atoms with Gasteiger partial charge in [0.15, 0.2) is 5.82 Å². The maximum Gasteiger partial charge on any atom is 0.263 e. The Morgan fingerprint density at radius 2 is 2.04 bits per heavy atom. The molecule has 0 amide bonds. The SMILES string of the molecule is Cc1nc(NCCc2noc(C3CCCO3)n2)c2c(C)noc2n1. The van der Waals surface area contributed by atoms with Crippen LogP contribution in [-0.2, 0) is 11.2 Å². The van der Waals surface area contributed by atoms with E-state index in [1.165, 1.54) is 0 Å². The topological polar surface area (TPSA) is 112 Å². The number of aryl methyl sites for hydroxylation is 2. The quantitative estimate of drug-likeness (QED) is 0.751. The summed E-state index contributed by atoms with van der Waals surface area (Å²) in [6.07, 6.45) is 2.53. The summed E-state index contributed by atoms with van der Waals surface area (Å²) in [5.41, 5.74) is 1.25. The Morgan fingerprint density at radius 3 is 2.88 bits per heavy atom. The number of aromatic nitrogens is 5. The van der Waals surface area contributed by atoms with Gasteiger partial charge >= 0.3 is 0 Å². The molecular weight excluding hydrogens is 312 g/mol. The lowest BCUT2D eigenvalue weighted by Crippen LogP contribution is -2.09. The zero-order chi connectivity index (χ0) is 16.5. The van der Waals surface area contributed by atoms with Crippen molar-refractivity contribution < 1.29 is 13.8 Å². The summed E-state index contributed by atoms with van der Waals surface area (Å²) in [7, 11) is 0. The van der Waals surface area contributed by atoms with Gasteiger partial charge in [-0.2, -0.15) is 9.97 Å². The Hall–Kier alpha value is -2.55. The van der Waals surface area contributed by atoms with Crippen molar-refractivity contribution >= 4 is 16.9 Å². The van der Waals surface area contributed by atoms with Crippen molar-refractivity contribution in [2.75, 3.05) is 18.5 Å². The summed E-state index contributed by atoms with van der Waals surface area (Å²) in [5, 5.41) is 12.0. The normalized spacial score (nSPS) is 17.7. The van der Waals surface area contributed by atoms with Crippen LogP contribution in [0.25, 0.3) is 11.1 Å². The molecule has 1 atom stereocenters. The van der Waals surface area contributed by atoms with Crippen molar-refractivity contribution in [3.63, 3.8) is 0 Å². The highest BCUT2D eigenvalue weighted by Gasteiger charge is 2.23. The van der Waals surface area contributed by atoms with Crippen molar-refractivity contribution in [2.45, 2.75) is 39.2 Å². The maximum absolute atomic E-state index is 5.55. The number of ether oxygens (including phenoxy) is 1. The number of nitrogens with one attached hydrogen (secondary N) is 1. The average molecular weight is 330 g/mol. The molecule has 1 fully saturated rings. The van der Waals surface area contributed by atoms with Crippen LogP contribution in [0.3, 0.4) is 0 Å². The van der Waals surface area contributed by atoms with Gasteiger partial charge in [-0.3, -0.25) is 0 Å². The third-order valence-electron chi connectivity index (χ3n) is 3.95. The molecular formula is C15H18N6O3. The van der Waals surface area contributed by atoms with E-state index in [0.29, 0.717) is 42.0 Å². The van der Waals surface area contributed by atoms with Crippen molar-refractivity contribution in [3.05, 3.63) is 23.2 Å². The van der Waals surface area contributed by atoms with Gasteiger partial charge in [0.1, 0.15) is 23.1 Å². The minimum atomic E-state index is -0.0528. The number of fused-ring (bicyclic) bond motifs is 1. The largest absolute Gasteiger partial charge is 0.369 e. The molecule has 0 bridgehead atoms. The second kappa shape index (κ2) is 6.16. The van der Waals surface area contributed by atoms with Crippen molar-refractivity contribution in [3.8, 4) is 0 Å². The van der Waals surface area contributed by atoms with E-state index in [1.807, 2.05) is 13.8 Å². The molecule has 0 radical (unpaired) electrons. The molecule has 9 nitrogen and oxygen atoms in total. The standard InChI is InChI=1S/C15H18N6O3/c1-8-12-13(17-9(2)18-15(12)24-20-8)16-6-5-11-19-14(23-21-11)10-4-3-7-22-10/h10H,3-7H2,1-2H3,(H,16,17,18). The Morgan fingerprint density at radius 1 is 1.12 bits per heavy atom. The first-order chi connectivity index (χ1) is 11.7. The van der Waals surface area contributed by atoms with E-state index in [4.69, 9.17) is 13.8 Å². The van der Waals surface area contributed by atoms with Crippen LogP contribution in [0.4, 0.5) is 5.82 Å². The molecule has 0 aromatic carbocycles. The van der Waals surface area contributed by atoms with E-state index in [2.05, 4.69) is 30.6 Å². The molecule has 1 unspecified atom stereocenters. The van der Waals surface area contributed by atoms with Crippen LogP contribution in [0.5, 0.6) is 0 Å². The van der Waals surface area contributed by atoms with Crippen molar-refractivity contribution in [1.82, 2.24) is 25.3 Å². The van der Waals surface area contributed by atoms with Gasteiger partial charge in [0.25, 0.3) is 11.6 Å². The van der Waals surface area contributed by atoms with Gasteiger partial charge in [-0.15, -0.1) is 0 Å². The molecule has 1 aliphatic rings. The number of nitrogens with zero attached hydrogens (tertiary/aromatic N) is 5. The Balaban J connectivity index is 1.43. The molecule has 126 valence electrons. The summed E-state index contributed by atoms with van der Waals surface area (Å²) in [5.74, 6) is 2.55. The second-order valence-electron chi connectivity index (χ2n) is 5.79. The first-order valence-corrected chi connectivity index (χ1v) is 7.99. The lowest BCUT2D eigenvalue weighted by atomic mass is 10.2. The molecule has 1 N–H and O–H groups in total. The minimum absolute atomic E-state index is 0.0528. The minimum Gasteiger partial charge on any atom is -0.369 e. The van der Waals surface area contributed by atoms with E-state index in [-0.39, 0.29) is 6.10 Å². The molecule has 4 heterocycles. The van der Waals surface area contributed by atoms with Gasteiger partial charge < -0.3 is 19.1 Å². The average Bonchev–Trinajstić information content (AvgIpc) is 3.28. The number of anilines is 1. The van der Waals surface area contributed by atoms with Gasteiger partial charge in [0, 0.05) is 19.6 Å². The monoisotopic (exact) mass is 330 g/mol. The Labute approximate surface area is 137 Å². The summed E-state index contributed by atoms with van der Waals surface area (Å²) in [6, 6.07) is 0. The molecule has 3 aromatic heterocycles. The van der Waals surface area contributed by atoms with Crippen molar-refractivity contribution in [1.29, 1.82) is 0 Å². The van der Waals surface area contributed by atoms with E-state index in [0.717, 1.165) is 30.5 Å². The lowest BCUT2D eigenvalue weighted by molar-refractivity contribution is 0.0835. The third kappa shape index (κ3) is 2.82. The maximum atomic E-state index is 5.55. The highest BCUT2D eigenvalue weighted by atomic mass is 16.5. The number of hydrogen-bond acceptors (Lipinski definition) is 9. The highest BCUT2D eigenvalue weighted by Crippen LogP contribution is 2.27. The van der Waals surface area contributed by atoms with E-state index >= 15 is 0 Å². The van der Waals surface area contributed by atoms with Crippen LogP contribution in [0.15, 0.2) is 9.05 Å². The highest BCUT2D eigenvalue weighted by molar-refractivity contribution is 5.87. The van der Waals surface area contributed by atoms with E-state index in [1.54, 1.807) is 0 Å². The molecule has 3 aromatic rings. The predicted molar refractivity (Wildman–Crippen MR) is 83.5 cm³/mol. The summed E-state index contributed by atoms with van der Waals surface area (Å²) >= 11 is 0. The van der Waals surface area contributed by atoms with Crippen LogP contribution in [0.2, 0.25) is 0 Å². The molecule has 1 aliphatic heterocycles. The fourth-order valence-electron chi connectivity index (χ4n) is 2.79. The fourth-order valence-corrected chi connectivity index (χ4v) is 2.79. The zero-order valence-corrected chi connectivity index (χ0v) is 13.6. The summed E-state index contributed by atoms with van der Waals surface area (Å²) < 4.78 is 16.0. The molecule has 24 heavy (non-hydrogen) atoms. The molecule has 0 spiro atoms. The summed E-state index contributed by atoms with van der Waals surface area (Å²) in [6.45, 7) is 5.05. The van der Waals surface area contributed by atoms with Crippen LogP contribution < -0.4 is 5.32 Å². The molecule has 4 rings (SSSR count). The molecule has 1 saturated heterocycles. The van der Waals surface area contributed by atoms with Gasteiger partial charge in [0.05, 0.1) is 5.69 Å².